The minimum absolute atomic E-state index is 0.0907. The molecular weight excluding hydrogens is 489 g/mol. The van der Waals surface area contributed by atoms with Gasteiger partial charge in [0.2, 0.25) is 5.43 Å². The molecule has 172 valence electrons. The molecule has 1 N–H and O–H groups in total. The summed E-state index contributed by atoms with van der Waals surface area (Å²) < 4.78 is 2.39. The van der Waals surface area contributed by atoms with Crippen molar-refractivity contribution >= 4 is 45.8 Å². The van der Waals surface area contributed by atoms with E-state index < -0.39 is 11.3 Å². The smallest absolute Gasteiger partial charge is 0.261 e. The maximum Gasteiger partial charge on any atom is 0.261 e. The van der Waals surface area contributed by atoms with E-state index in [2.05, 4.69) is 15.3 Å². The number of hydrogen-bond donors (Lipinski definition) is 1. The highest BCUT2D eigenvalue weighted by Crippen LogP contribution is 2.24. The maximum absolute atomic E-state index is 13.2. The molecule has 5 rings (SSSR count). The Kier molecular flexibility index (Phi) is 5.90. The van der Waals surface area contributed by atoms with Gasteiger partial charge in [-0.05, 0) is 47.5 Å². The molecule has 0 atom stereocenters. The summed E-state index contributed by atoms with van der Waals surface area (Å²) in [6.45, 7) is 0. The van der Waals surface area contributed by atoms with Gasteiger partial charge in [0.1, 0.15) is 21.5 Å². The van der Waals surface area contributed by atoms with Crippen LogP contribution in [0.1, 0.15) is 10.4 Å². The normalized spacial score (nSPS) is 10.9. The van der Waals surface area contributed by atoms with Crippen LogP contribution in [0.3, 0.4) is 0 Å². The third-order valence-corrected chi connectivity index (χ3v) is 5.67. The zero-order valence-corrected chi connectivity index (χ0v) is 19.4. The average Bonchev–Trinajstić information content (AvgIpc) is 2.84. The van der Waals surface area contributed by atoms with E-state index in [-0.39, 0.29) is 21.3 Å². The molecule has 0 bridgehead atoms. The minimum Gasteiger partial charge on any atom is -0.619 e. The fourth-order valence-electron chi connectivity index (χ4n) is 3.69. The summed E-state index contributed by atoms with van der Waals surface area (Å²) in [4.78, 5) is 34.5. The first-order valence-corrected chi connectivity index (χ1v) is 11.1. The highest BCUT2D eigenvalue weighted by atomic mass is 35.5. The predicted octanol–water partition coefficient (Wildman–Crippen LogP) is 4.64. The SMILES string of the molecule is O=C(Nc1cc(Cl)nc(Cl)c1)c1cn(-c2cccc(-c3cc[n+]([O-])cc3)c2)c2ncccc2c1=O. The number of rotatable bonds is 4. The molecule has 1 aromatic carbocycles. The molecule has 0 fully saturated rings. The quantitative estimate of drug-likeness (QED) is 0.218. The molecule has 4 aromatic heterocycles. The van der Waals surface area contributed by atoms with Crippen molar-refractivity contribution in [1.82, 2.24) is 14.5 Å². The van der Waals surface area contributed by atoms with E-state index in [1.54, 1.807) is 35.0 Å². The van der Waals surface area contributed by atoms with Crippen LogP contribution in [-0.4, -0.2) is 20.4 Å². The molecule has 0 radical (unpaired) electrons. The van der Waals surface area contributed by atoms with Crippen LogP contribution in [0.25, 0.3) is 27.8 Å². The highest BCUT2D eigenvalue weighted by molar-refractivity contribution is 6.33. The maximum atomic E-state index is 13.2. The zero-order valence-electron chi connectivity index (χ0n) is 17.9. The van der Waals surface area contributed by atoms with Gasteiger partial charge in [0.05, 0.1) is 5.39 Å². The Morgan fingerprint density at radius 2 is 1.71 bits per heavy atom. The number of benzene rings is 1. The topological polar surface area (TPSA) is 104 Å². The van der Waals surface area contributed by atoms with Gasteiger partial charge >= 0.3 is 0 Å². The predicted molar refractivity (Wildman–Crippen MR) is 134 cm³/mol. The van der Waals surface area contributed by atoms with E-state index in [0.717, 1.165) is 11.1 Å². The molecular formula is C25H15Cl2N5O3. The molecule has 35 heavy (non-hydrogen) atoms. The Morgan fingerprint density at radius 1 is 0.971 bits per heavy atom. The summed E-state index contributed by atoms with van der Waals surface area (Å²) in [7, 11) is 0. The number of amides is 1. The van der Waals surface area contributed by atoms with Gasteiger partial charge in [-0.25, -0.2) is 9.97 Å². The fourth-order valence-corrected chi connectivity index (χ4v) is 4.16. The molecule has 0 unspecified atom stereocenters. The molecule has 10 heteroatoms. The lowest BCUT2D eigenvalue weighted by atomic mass is 10.1. The van der Waals surface area contributed by atoms with Crippen LogP contribution >= 0.6 is 23.2 Å². The summed E-state index contributed by atoms with van der Waals surface area (Å²) in [5.74, 6) is -0.632. The number of carbonyl (C=O) groups excluding carboxylic acids is 1. The lowest BCUT2D eigenvalue weighted by Gasteiger charge is -2.14. The number of nitrogens with one attached hydrogen (secondary N) is 1. The number of anilines is 1. The van der Waals surface area contributed by atoms with Crippen LogP contribution in [0, 0.1) is 5.21 Å². The average molecular weight is 504 g/mol. The number of pyridine rings is 4. The van der Waals surface area contributed by atoms with Gasteiger partial charge in [0.15, 0.2) is 12.4 Å². The van der Waals surface area contributed by atoms with Gasteiger partial charge in [0, 0.05) is 35.9 Å². The van der Waals surface area contributed by atoms with Crippen molar-refractivity contribution < 1.29 is 9.52 Å². The summed E-state index contributed by atoms with van der Waals surface area (Å²) in [5, 5.41) is 14.6. The van der Waals surface area contributed by atoms with Crippen LogP contribution in [0.4, 0.5) is 5.69 Å². The second kappa shape index (κ2) is 9.17. The van der Waals surface area contributed by atoms with E-state index in [1.807, 2.05) is 24.3 Å². The van der Waals surface area contributed by atoms with Crippen LogP contribution in [0.5, 0.6) is 0 Å². The van der Waals surface area contributed by atoms with Crippen molar-refractivity contribution in [1.29, 1.82) is 0 Å². The van der Waals surface area contributed by atoms with Crippen molar-refractivity contribution in [3.05, 3.63) is 117 Å². The van der Waals surface area contributed by atoms with Crippen molar-refractivity contribution in [2.45, 2.75) is 0 Å². The van der Waals surface area contributed by atoms with Crippen molar-refractivity contribution in [3.63, 3.8) is 0 Å². The van der Waals surface area contributed by atoms with E-state index in [4.69, 9.17) is 23.2 Å². The molecule has 0 aliphatic heterocycles. The molecule has 8 nitrogen and oxygen atoms in total. The van der Waals surface area contributed by atoms with E-state index in [9.17, 15) is 14.8 Å². The molecule has 0 aliphatic rings. The van der Waals surface area contributed by atoms with Crippen LogP contribution in [0.2, 0.25) is 10.3 Å². The van der Waals surface area contributed by atoms with Gasteiger partial charge in [-0.1, -0.05) is 35.3 Å². The number of aromatic nitrogens is 4. The number of hydrogen-bond acceptors (Lipinski definition) is 5. The van der Waals surface area contributed by atoms with E-state index in [1.165, 1.54) is 30.7 Å². The highest BCUT2D eigenvalue weighted by Gasteiger charge is 2.18. The Hall–Kier alpha value is -4.27. The summed E-state index contributed by atoms with van der Waals surface area (Å²) in [6.07, 6.45) is 5.86. The van der Waals surface area contributed by atoms with Crippen molar-refractivity contribution in [2.75, 3.05) is 5.32 Å². The van der Waals surface area contributed by atoms with Crippen LogP contribution in [-0.2, 0) is 0 Å². The van der Waals surface area contributed by atoms with Gasteiger partial charge in [0.25, 0.3) is 5.91 Å². The van der Waals surface area contributed by atoms with Crippen molar-refractivity contribution in [3.8, 4) is 16.8 Å². The molecule has 5 aromatic rings. The number of nitrogens with zero attached hydrogens (tertiary/aromatic N) is 4. The first kappa shape index (κ1) is 22.5. The molecule has 4 heterocycles. The second-order valence-corrected chi connectivity index (χ2v) is 8.34. The summed E-state index contributed by atoms with van der Waals surface area (Å²) in [5.41, 5.74) is 2.50. The molecule has 0 spiro atoms. The molecule has 1 amide bonds. The first-order valence-electron chi connectivity index (χ1n) is 10.3. The standard InChI is InChI=1S/C25H15Cl2N5O3/c26-21-12-17(13-22(27)30-21)29-25(34)20-14-32(24-19(23(20)33)5-2-8-28-24)18-4-1-3-16(11-18)15-6-9-31(35)10-7-15/h1-14H,(H,29,30,34). The van der Waals surface area contributed by atoms with Crippen LogP contribution < -0.4 is 15.5 Å². The van der Waals surface area contributed by atoms with Gasteiger partial charge in [-0.2, -0.15) is 4.73 Å². The third kappa shape index (κ3) is 4.57. The largest absolute Gasteiger partial charge is 0.619 e. The lowest BCUT2D eigenvalue weighted by Crippen LogP contribution is -2.24. The molecule has 0 saturated heterocycles. The Morgan fingerprint density at radius 3 is 2.46 bits per heavy atom. The number of fused-ring (bicyclic) bond motifs is 1. The Labute approximate surface area is 208 Å². The van der Waals surface area contributed by atoms with E-state index in [0.29, 0.717) is 21.8 Å². The summed E-state index contributed by atoms with van der Waals surface area (Å²) in [6, 6.07) is 17.0. The minimum atomic E-state index is -0.632. The monoisotopic (exact) mass is 503 g/mol. The third-order valence-electron chi connectivity index (χ3n) is 5.29. The number of carbonyl (C=O) groups is 1. The zero-order chi connectivity index (χ0) is 24.5. The first-order chi connectivity index (χ1) is 16.9. The van der Waals surface area contributed by atoms with Gasteiger partial charge in [-0.15, -0.1) is 0 Å². The Bertz CT molecular complexity index is 1630. The molecule has 0 aliphatic carbocycles. The summed E-state index contributed by atoms with van der Waals surface area (Å²) >= 11 is 11.9. The van der Waals surface area contributed by atoms with Gasteiger partial charge in [-0.3, -0.25) is 9.59 Å². The van der Waals surface area contributed by atoms with Crippen molar-refractivity contribution in [2.24, 2.45) is 0 Å². The van der Waals surface area contributed by atoms with Gasteiger partial charge < -0.3 is 15.1 Å². The second-order valence-electron chi connectivity index (χ2n) is 7.57. The van der Waals surface area contributed by atoms with Crippen LogP contribution in [0.15, 0.2) is 90.2 Å². The number of halogens is 2. The van der Waals surface area contributed by atoms with E-state index >= 15 is 0 Å². The molecule has 0 saturated carbocycles. The lowest BCUT2D eigenvalue weighted by molar-refractivity contribution is -0.605. The Balaban J connectivity index is 1.63. The fraction of sp³-hybridized carbons (Fsp3) is 0.